The molecule has 11 atom stereocenters. The van der Waals surface area contributed by atoms with Crippen molar-refractivity contribution in [3.63, 3.8) is 0 Å². The predicted octanol–water partition coefficient (Wildman–Crippen LogP) is -1.91. The summed E-state index contributed by atoms with van der Waals surface area (Å²) in [5, 5.41) is 45.7. The Morgan fingerprint density at radius 2 is 1.58 bits per heavy atom. The van der Waals surface area contributed by atoms with Crippen LogP contribution in [0.3, 0.4) is 0 Å². The zero-order chi connectivity index (χ0) is 53.4. The molecule has 2 amide bonds. The summed E-state index contributed by atoms with van der Waals surface area (Å²) in [7, 11) is -17.7. The second-order valence-electron chi connectivity index (χ2n) is 17.6. The Bertz CT molecular complexity index is 2260. The minimum atomic E-state index is -5.95. The number of ether oxygens (including phenoxy) is 3. The van der Waals surface area contributed by atoms with E-state index in [1.54, 1.807) is 6.92 Å². The SMILES string of the molecule is C[C@@H]1O[C@@H](OCCCCCCCCCC(=O)CC(=O)SCCNC(=O)CCNC(=O)[C@H](O)C(C)(C)COP(=O)([O-])OP(=O)([O-])OC[C@H]2O[C@@H](n3cnc4c(N)ncnc43)[C@H](O)[C@@H]2OP(=O)([O-])[O-])[C@H](O)C[C@H]1O. The molecule has 2 saturated heterocycles. The highest BCUT2D eigenvalue weighted by Gasteiger charge is 2.47. The first-order valence-corrected chi connectivity index (χ1v) is 28.2. The number of nitrogen functional groups attached to an aromatic ring is 1. The molecule has 4 heterocycles. The lowest BCUT2D eigenvalue weighted by atomic mass is 9.87. The van der Waals surface area contributed by atoms with Gasteiger partial charge < -0.3 is 88.7 Å². The molecule has 2 aromatic rings. The lowest BCUT2D eigenvalue weighted by Gasteiger charge is -2.36. The standard InChI is InChI=1S/C39H66N7O22P3S/c1-23-25(48)18-26(49)38(65-23)62-15-10-8-6-4-5-7-9-11-24(47)17-29(51)72-16-14-41-28(50)12-13-42-36(54)33(53)39(2,3)20-64-71(60,61)68-70(58,59)63-19-27-32(67-69(55,56)57)31(52)37(66-27)46-22-45-30-34(40)43-21-44-35(30)46/h21-23,25-27,31-33,37-38,48-49,52-53H,4-20H2,1-3H3,(H,41,50)(H,42,54)(H,58,59)(H,60,61)(H2,40,43,44)(H2,55,56,57)/p-4/t23-,25+,26+,27+,31+,32+,33-,37+,38+/m0/s1. The zero-order valence-electron chi connectivity index (χ0n) is 39.6. The third-order valence-corrected chi connectivity index (χ3v) is 15.0. The number of carbonyl (C=O) groups excluding carboxylic acids is 4. The Labute approximate surface area is 418 Å². The maximum Gasteiger partial charge on any atom is 0.274 e. The number of anilines is 1. The fourth-order valence-electron chi connectivity index (χ4n) is 7.17. The van der Waals surface area contributed by atoms with E-state index < -0.39 is 109 Å². The van der Waals surface area contributed by atoms with Crippen molar-refractivity contribution in [2.45, 2.75) is 147 Å². The van der Waals surface area contributed by atoms with Gasteiger partial charge in [0.1, 0.15) is 48.1 Å². The van der Waals surface area contributed by atoms with Gasteiger partial charge in [0.2, 0.25) is 11.8 Å². The smallest absolute Gasteiger partial charge is 0.274 e. The fraction of sp³-hybridized carbons (Fsp3) is 0.769. The fourth-order valence-corrected chi connectivity index (χ4v) is 10.6. The molecule has 8 N–H and O–H groups in total. The number of phosphoric ester groups is 3. The molecule has 2 unspecified atom stereocenters. The number of rotatable bonds is 32. The van der Waals surface area contributed by atoms with E-state index in [4.69, 9.17) is 19.9 Å². The van der Waals surface area contributed by atoms with Crippen LogP contribution < -0.4 is 35.9 Å². The van der Waals surface area contributed by atoms with Crippen molar-refractivity contribution in [2.75, 3.05) is 44.4 Å². The van der Waals surface area contributed by atoms with Crippen molar-refractivity contribution in [1.29, 1.82) is 0 Å². The van der Waals surface area contributed by atoms with Gasteiger partial charge in [-0.25, -0.2) is 19.3 Å². The number of nitrogens with zero attached hydrogens (tertiary/aromatic N) is 4. The highest BCUT2D eigenvalue weighted by molar-refractivity contribution is 8.13. The van der Waals surface area contributed by atoms with Crippen molar-refractivity contribution in [1.82, 2.24) is 30.2 Å². The third kappa shape index (κ3) is 20.3. The Morgan fingerprint density at radius 1 is 0.917 bits per heavy atom. The van der Waals surface area contributed by atoms with E-state index in [0.29, 0.717) is 13.0 Å². The molecular formula is C39H62N7O22P3S-4. The molecule has 0 aromatic carbocycles. The molecule has 0 aliphatic carbocycles. The van der Waals surface area contributed by atoms with Crippen LogP contribution in [0.1, 0.15) is 97.6 Å². The maximum atomic E-state index is 12.7. The molecule has 2 aliphatic rings. The summed E-state index contributed by atoms with van der Waals surface area (Å²) in [6.07, 6.45) is -4.08. The number of Topliss-reactive ketones (excluding diaryl/α,β-unsaturated/α-hetero) is 1. The van der Waals surface area contributed by atoms with E-state index in [1.165, 1.54) is 13.8 Å². The molecule has 4 rings (SSSR count). The number of imidazole rings is 1. The average Bonchev–Trinajstić information content (AvgIpc) is 3.85. The Balaban J connectivity index is 1.05. The van der Waals surface area contributed by atoms with Crippen LogP contribution in [-0.4, -0.2) is 150 Å². The lowest BCUT2D eigenvalue weighted by molar-refractivity contribution is -0.347. The van der Waals surface area contributed by atoms with Crippen LogP contribution >= 0.6 is 35.2 Å². The summed E-state index contributed by atoms with van der Waals surface area (Å²) < 4.78 is 71.9. The molecular weight excluding hydrogens is 1040 g/mol. The van der Waals surface area contributed by atoms with Gasteiger partial charge in [0.15, 0.2) is 29.1 Å². The Hall–Kier alpha value is -2.93. The maximum absolute atomic E-state index is 12.7. The molecule has 2 aromatic heterocycles. The highest BCUT2D eigenvalue weighted by atomic mass is 32.2. The Morgan fingerprint density at radius 3 is 2.28 bits per heavy atom. The predicted molar refractivity (Wildman–Crippen MR) is 242 cm³/mol. The quantitative estimate of drug-likeness (QED) is 0.0239. The molecule has 410 valence electrons. The third-order valence-electron chi connectivity index (χ3n) is 11.2. The number of hydrogen-bond acceptors (Lipinski definition) is 27. The molecule has 0 bridgehead atoms. The summed E-state index contributed by atoms with van der Waals surface area (Å²) in [5.41, 5.74) is 4.02. The van der Waals surface area contributed by atoms with Gasteiger partial charge in [-0.3, -0.25) is 32.9 Å². The van der Waals surface area contributed by atoms with Gasteiger partial charge in [-0.1, -0.05) is 57.7 Å². The minimum absolute atomic E-state index is 0.0319. The van der Waals surface area contributed by atoms with Crippen LogP contribution in [-0.2, 0) is 65.0 Å². The second kappa shape index (κ2) is 28.3. The van der Waals surface area contributed by atoms with E-state index in [9.17, 15) is 72.9 Å². The topological polar surface area (TPSA) is 451 Å². The van der Waals surface area contributed by atoms with Crippen molar-refractivity contribution in [2.24, 2.45) is 5.41 Å². The number of phosphoric acid groups is 3. The first-order valence-electron chi connectivity index (χ1n) is 22.8. The normalized spacial score (nSPS) is 24.9. The molecule has 2 fully saturated rings. The summed E-state index contributed by atoms with van der Waals surface area (Å²) in [6.45, 7) is 2.01. The average molecular weight is 1110 g/mol. The largest absolute Gasteiger partial charge is 0.790 e. The number of nitrogens with one attached hydrogen (secondary N) is 2. The summed E-state index contributed by atoms with van der Waals surface area (Å²) in [6, 6.07) is 0. The number of amides is 2. The van der Waals surface area contributed by atoms with Crippen LogP contribution in [0.25, 0.3) is 11.2 Å². The molecule has 72 heavy (non-hydrogen) atoms. The highest BCUT2D eigenvalue weighted by Crippen LogP contribution is 2.56. The van der Waals surface area contributed by atoms with E-state index in [-0.39, 0.29) is 72.4 Å². The van der Waals surface area contributed by atoms with Gasteiger partial charge in [0.05, 0.1) is 46.0 Å². The second-order valence-corrected chi connectivity index (χ2v) is 22.8. The van der Waals surface area contributed by atoms with Gasteiger partial charge in [0.25, 0.3) is 15.6 Å². The summed E-state index contributed by atoms with van der Waals surface area (Å²) in [5.74, 6) is -1.66. The number of ketones is 1. The number of unbranched alkanes of at least 4 members (excludes halogenated alkanes) is 6. The molecule has 2 aliphatic heterocycles. The number of aromatic nitrogens is 4. The van der Waals surface area contributed by atoms with Crippen LogP contribution in [0.2, 0.25) is 0 Å². The molecule has 0 radical (unpaired) electrons. The van der Waals surface area contributed by atoms with Crippen molar-refractivity contribution >= 4 is 74.9 Å². The number of fused-ring (bicyclic) bond motifs is 1. The molecule has 0 spiro atoms. The van der Waals surface area contributed by atoms with Gasteiger partial charge >= 0.3 is 0 Å². The van der Waals surface area contributed by atoms with Gasteiger partial charge in [0, 0.05) is 50.1 Å². The van der Waals surface area contributed by atoms with Crippen LogP contribution in [0.5, 0.6) is 0 Å². The zero-order valence-corrected chi connectivity index (χ0v) is 43.1. The van der Waals surface area contributed by atoms with Crippen molar-refractivity contribution < 1.29 is 105 Å². The van der Waals surface area contributed by atoms with Crippen molar-refractivity contribution in [3.8, 4) is 0 Å². The first-order chi connectivity index (χ1) is 33.7. The lowest BCUT2D eigenvalue weighted by Crippen LogP contribution is -2.47. The van der Waals surface area contributed by atoms with Gasteiger partial charge in [-0.15, -0.1) is 0 Å². The van der Waals surface area contributed by atoms with Crippen LogP contribution in [0.4, 0.5) is 5.82 Å². The number of aliphatic hydroxyl groups is 4. The summed E-state index contributed by atoms with van der Waals surface area (Å²) >= 11 is 0.889. The Kier molecular flexibility index (Phi) is 24.2. The van der Waals surface area contributed by atoms with Crippen LogP contribution in [0, 0.1) is 5.41 Å². The minimum Gasteiger partial charge on any atom is -0.790 e. The van der Waals surface area contributed by atoms with E-state index >= 15 is 0 Å². The molecule has 0 saturated carbocycles. The summed E-state index contributed by atoms with van der Waals surface area (Å²) in [4.78, 5) is 109. The number of aliphatic hydroxyl groups excluding tert-OH is 4. The number of nitrogens with two attached hydrogens (primary N) is 1. The molecule has 33 heteroatoms. The first kappa shape index (κ1) is 61.6. The number of hydrogen-bond donors (Lipinski definition) is 7. The van der Waals surface area contributed by atoms with E-state index in [0.717, 1.165) is 67.5 Å². The van der Waals surface area contributed by atoms with E-state index in [1.807, 2.05) is 0 Å². The number of carbonyl (C=O) groups is 4. The van der Waals surface area contributed by atoms with Crippen molar-refractivity contribution in [3.05, 3.63) is 12.7 Å². The van der Waals surface area contributed by atoms with Gasteiger partial charge in [-0.05, 0) is 19.8 Å². The van der Waals surface area contributed by atoms with Crippen LogP contribution in [0.15, 0.2) is 12.7 Å². The monoisotopic (exact) mass is 1110 g/mol. The molecule has 29 nitrogen and oxygen atoms in total. The van der Waals surface area contributed by atoms with Gasteiger partial charge in [-0.2, -0.15) is 0 Å². The number of thioether (sulfide) groups is 1. The van der Waals surface area contributed by atoms with E-state index in [2.05, 4.69) is 43.5 Å².